The van der Waals surface area contributed by atoms with Gasteiger partial charge in [-0.3, -0.25) is 9.59 Å². The quantitative estimate of drug-likeness (QED) is 0.258. The predicted molar refractivity (Wildman–Crippen MR) is 123 cm³/mol. The molecule has 3 heterocycles. The minimum absolute atomic E-state index is 0.0276. The summed E-state index contributed by atoms with van der Waals surface area (Å²) in [4.78, 5) is 43.9. The standard InChI is InChI=1S/C19H21N5O5S3/c1-5-28-17(27)15-10(3)11(4)32-16(15)21-13(26)7-31-19-24-23-14(29-19)8-30-18-20-9(2)6-12(25)22-18/h6H,5,7-8H2,1-4H3,(H,21,26)(H,20,22,25). The number of aromatic nitrogens is 4. The Hall–Kier alpha value is -2.64. The fraction of sp³-hybridized carbons (Fsp3) is 0.368. The van der Waals surface area contributed by atoms with E-state index in [1.165, 1.54) is 29.2 Å². The van der Waals surface area contributed by atoms with E-state index in [0.717, 1.165) is 22.2 Å². The molecular formula is C19H21N5O5S3. The molecule has 1 amide bonds. The van der Waals surface area contributed by atoms with Crippen LogP contribution in [0.3, 0.4) is 0 Å². The monoisotopic (exact) mass is 495 g/mol. The molecule has 0 fully saturated rings. The van der Waals surface area contributed by atoms with Crippen molar-refractivity contribution in [2.75, 3.05) is 17.7 Å². The van der Waals surface area contributed by atoms with Crippen LogP contribution < -0.4 is 10.9 Å². The largest absolute Gasteiger partial charge is 0.462 e. The highest BCUT2D eigenvalue weighted by atomic mass is 32.2. The molecule has 0 radical (unpaired) electrons. The SMILES string of the molecule is CCOC(=O)c1c(NC(=O)CSc2nnc(CSc3nc(C)cc(=O)[nH]3)o2)sc(C)c1C. The molecule has 2 N–H and O–H groups in total. The first-order valence-corrected chi connectivity index (χ1v) is 12.3. The van der Waals surface area contributed by atoms with Crippen LogP contribution in [-0.4, -0.2) is 44.4 Å². The Balaban J connectivity index is 1.55. The number of aryl methyl sites for hydroxylation is 2. The van der Waals surface area contributed by atoms with Gasteiger partial charge in [0.25, 0.3) is 10.8 Å². The Labute approximate surface area is 196 Å². The lowest BCUT2D eigenvalue weighted by molar-refractivity contribution is -0.113. The van der Waals surface area contributed by atoms with Gasteiger partial charge in [-0.05, 0) is 33.3 Å². The van der Waals surface area contributed by atoms with Crippen LogP contribution in [0.2, 0.25) is 0 Å². The summed E-state index contributed by atoms with van der Waals surface area (Å²) in [5.74, 6) is -0.0720. The number of amides is 1. The van der Waals surface area contributed by atoms with Crippen molar-refractivity contribution in [3.05, 3.63) is 44.0 Å². The highest BCUT2D eigenvalue weighted by molar-refractivity contribution is 7.99. The molecule has 0 aliphatic rings. The third-order valence-corrected chi connectivity index (χ3v) is 6.87. The average Bonchev–Trinajstić information content (AvgIpc) is 3.28. The second-order valence-electron chi connectivity index (χ2n) is 6.49. The molecule has 3 aromatic rings. The maximum atomic E-state index is 12.4. The zero-order valence-corrected chi connectivity index (χ0v) is 20.3. The molecule has 0 spiro atoms. The van der Waals surface area contributed by atoms with Crippen molar-refractivity contribution in [3.63, 3.8) is 0 Å². The number of ether oxygens (including phenoxy) is 1. The molecule has 0 aliphatic heterocycles. The third kappa shape index (κ3) is 6.20. The Kier molecular flexibility index (Phi) is 8.10. The van der Waals surface area contributed by atoms with E-state index in [2.05, 4.69) is 25.5 Å². The van der Waals surface area contributed by atoms with Gasteiger partial charge in [-0.2, -0.15) is 0 Å². The van der Waals surface area contributed by atoms with E-state index in [1.54, 1.807) is 13.8 Å². The number of aromatic amines is 1. The summed E-state index contributed by atoms with van der Waals surface area (Å²) in [5.41, 5.74) is 1.56. The van der Waals surface area contributed by atoms with Crippen molar-refractivity contribution in [3.8, 4) is 0 Å². The molecule has 3 aromatic heterocycles. The second-order valence-corrected chi connectivity index (χ2v) is 9.60. The Morgan fingerprint density at radius 3 is 2.75 bits per heavy atom. The number of H-pyrrole nitrogens is 1. The van der Waals surface area contributed by atoms with Crippen LogP contribution in [0.1, 0.15) is 39.3 Å². The Morgan fingerprint density at radius 2 is 2.03 bits per heavy atom. The Bertz CT molecular complexity index is 1190. The van der Waals surface area contributed by atoms with Crippen molar-refractivity contribution in [1.29, 1.82) is 0 Å². The summed E-state index contributed by atoms with van der Waals surface area (Å²) in [7, 11) is 0. The van der Waals surface area contributed by atoms with Crippen molar-refractivity contribution in [1.82, 2.24) is 20.2 Å². The number of carbonyl (C=O) groups excluding carboxylic acids is 2. The number of esters is 1. The molecule has 0 unspecified atom stereocenters. The highest BCUT2D eigenvalue weighted by Gasteiger charge is 2.22. The van der Waals surface area contributed by atoms with E-state index in [0.29, 0.717) is 33.1 Å². The lowest BCUT2D eigenvalue weighted by atomic mass is 10.1. The van der Waals surface area contributed by atoms with E-state index < -0.39 is 5.97 Å². The number of thioether (sulfide) groups is 2. The van der Waals surface area contributed by atoms with Gasteiger partial charge >= 0.3 is 5.97 Å². The van der Waals surface area contributed by atoms with E-state index in [1.807, 2.05) is 13.8 Å². The summed E-state index contributed by atoms with van der Waals surface area (Å²) in [5, 5.41) is 11.8. The molecule has 13 heteroatoms. The molecule has 0 aliphatic carbocycles. The number of nitrogens with zero attached hydrogens (tertiary/aromatic N) is 3. The minimum Gasteiger partial charge on any atom is -0.462 e. The van der Waals surface area contributed by atoms with Crippen LogP contribution in [0, 0.1) is 20.8 Å². The fourth-order valence-electron chi connectivity index (χ4n) is 2.56. The van der Waals surface area contributed by atoms with Crippen molar-refractivity contribution < 1.29 is 18.7 Å². The molecule has 170 valence electrons. The summed E-state index contributed by atoms with van der Waals surface area (Å²) >= 11 is 3.67. The fourth-order valence-corrected chi connectivity index (χ4v) is 4.96. The van der Waals surface area contributed by atoms with Gasteiger partial charge in [0.15, 0.2) is 5.16 Å². The summed E-state index contributed by atoms with van der Waals surface area (Å²) in [6, 6.07) is 1.41. The van der Waals surface area contributed by atoms with Crippen LogP contribution in [-0.2, 0) is 15.3 Å². The number of rotatable bonds is 9. The van der Waals surface area contributed by atoms with Gasteiger partial charge in [-0.15, -0.1) is 21.5 Å². The van der Waals surface area contributed by atoms with E-state index in [4.69, 9.17) is 9.15 Å². The van der Waals surface area contributed by atoms with Gasteiger partial charge in [0.05, 0.1) is 23.7 Å². The van der Waals surface area contributed by atoms with Crippen molar-refractivity contribution in [2.45, 2.75) is 43.8 Å². The normalized spacial score (nSPS) is 10.9. The smallest absolute Gasteiger partial charge is 0.341 e. The summed E-state index contributed by atoms with van der Waals surface area (Å²) in [6.45, 7) is 7.43. The number of hydrogen-bond acceptors (Lipinski definition) is 11. The number of carbonyl (C=O) groups is 2. The molecule has 32 heavy (non-hydrogen) atoms. The first-order chi connectivity index (χ1) is 15.3. The van der Waals surface area contributed by atoms with Crippen LogP contribution in [0.5, 0.6) is 0 Å². The van der Waals surface area contributed by atoms with Gasteiger partial charge < -0.3 is 19.5 Å². The molecule has 0 bridgehead atoms. The topological polar surface area (TPSA) is 140 Å². The zero-order chi connectivity index (χ0) is 23.3. The highest BCUT2D eigenvalue weighted by Crippen LogP contribution is 2.33. The number of hydrogen-bond donors (Lipinski definition) is 2. The Morgan fingerprint density at radius 1 is 1.25 bits per heavy atom. The number of thiophene rings is 1. The number of nitrogens with one attached hydrogen (secondary N) is 2. The molecule has 0 atom stereocenters. The van der Waals surface area contributed by atoms with Gasteiger partial charge in [-0.1, -0.05) is 23.5 Å². The summed E-state index contributed by atoms with van der Waals surface area (Å²) < 4.78 is 10.6. The maximum absolute atomic E-state index is 12.4. The summed E-state index contributed by atoms with van der Waals surface area (Å²) in [6.07, 6.45) is 0. The van der Waals surface area contributed by atoms with Gasteiger partial charge in [0.1, 0.15) is 5.00 Å². The zero-order valence-electron chi connectivity index (χ0n) is 17.8. The first-order valence-electron chi connectivity index (χ1n) is 9.49. The molecule has 0 saturated carbocycles. The molecule has 0 saturated heterocycles. The lowest BCUT2D eigenvalue weighted by Gasteiger charge is -2.06. The van der Waals surface area contributed by atoms with Gasteiger partial charge in [-0.25, -0.2) is 9.78 Å². The van der Waals surface area contributed by atoms with Gasteiger partial charge in [0, 0.05) is 16.6 Å². The molecular weight excluding hydrogens is 474 g/mol. The molecule has 10 nitrogen and oxygen atoms in total. The predicted octanol–water partition coefficient (Wildman–Crippen LogP) is 3.34. The first kappa shape index (κ1) is 24.0. The molecule has 3 rings (SSSR count). The lowest BCUT2D eigenvalue weighted by Crippen LogP contribution is -2.16. The van der Waals surface area contributed by atoms with Gasteiger partial charge in [0.2, 0.25) is 11.8 Å². The van der Waals surface area contributed by atoms with Crippen molar-refractivity contribution in [2.24, 2.45) is 0 Å². The second kappa shape index (κ2) is 10.8. The van der Waals surface area contributed by atoms with Crippen molar-refractivity contribution >= 4 is 51.7 Å². The van der Waals surface area contributed by atoms with Crippen LogP contribution >= 0.6 is 34.9 Å². The van der Waals surface area contributed by atoms with E-state index >= 15 is 0 Å². The third-order valence-electron chi connectivity index (χ3n) is 4.07. The molecule has 0 aromatic carbocycles. The average molecular weight is 496 g/mol. The van der Waals surface area contributed by atoms with Crippen LogP contribution in [0.25, 0.3) is 0 Å². The minimum atomic E-state index is -0.458. The van der Waals surface area contributed by atoms with E-state index in [9.17, 15) is 14.4 Å². The number of anilines is 1. The maximum Gasteiger partial charge on any atom is 0.341 e. The van der Waals surface area contributed by atoms with Crippen LogP contribution in [0.15, 0.2) is 25.7 Å². The van der Waals surface area contributed by atoms with E-state index in [-0.39, 0.29) is 29.0 Å². The van der Waals surface area contributed by atoms with Crippen LogP contribution in [0.4, 0.5) is 5.00 Å².